The van der Waals surface area contributed by atoms with Gasteiger partial charge in [0.2, 0.25) is 15.9 Å². The van der Waals surface area contributed by atoms with Crippen molar-refractivity contribution in [3.63, 3.8) is 0 Å². The van der Waals surface area contributed by atoms with Crippen LogP contribution in [0.1, 0.15) is 65.2 Å². The van der Waals surface area contributed by atoms with Crippen molar-refractivity contribution in [3.05, 3.63) is 18.3 Å². The number of carbonyl (C=O) groups excluding carboxylic acids is 1. The first-order valence-corrected chi connectivity index (χ1v) is 12.9. The van der Waals surface area contributed by atoms with Crippen LogP contribution in [0.5, 0.6) is 0 Å². The van der Waals surface area contributed by atoms with Gasteiger partial charge >= 0.3 is 0 Å². The molecule has 1 aliphatic heterocycles. The third-order valence-corrected chi connectivity index (χ3v) is 7.83. The van der Waals surface area contributed by atoms with Gasteiger partial charge in [0.1, 0.15) is 10.7 Å². The molecule has 1 N–H and O–H groups in total. The van der Waals surface area contributed by atoms with E-state index in [0.717, 1.165) is 31.7 Å². The van der Waals surface area contributed by atoms with Crippen molar-refractivity contribution < 1.29 is 13.2 Å². The summed E-state index contributed by atoms with van der Waals surface area (Å²) in [6.45, 7) is 6.75. The molecule has 1 atom stereocenters. The van der Waals surface area contributed by atoms with Crippen LogP contribution in [-0.2, 0) is 14.8 Å². The summed E-state index contributed by atoms with van der Waals surface area (Å²) < 4.78 is 27.7. The lowest BCUT2D eigenvalue weighted by Crippen LogP contribution is -2.49. The van der Waals surface area contributed by atoms with E-state index in [1.54, 1.807) is 12.1 Å². The molecule has 1 aliphatic carbocycles. The Morgan fingerprint density at radius 3 is 2.47 bits per heavy atom. The lowest BCUT2D eigenvalue weighted by atomic mass is 9.86. The first kappa shape index (κ1) is 23.0. The molecule has 30 heavy (non-hydrogen) atoms. The van der Waals surface area contributed by atoms with Crippen LogP contribution in [0.2, 0.25) is 0 Å². The Morgan fingerprint density at radius 2 is 1.87 bits per heavy atom. The Bertz CT molecular complexity index is 783. The average molecular weight is 437 g/mol. The van der Waals surface area contributed by atoms with E-state index >= 15 is 0 Å². The number of hydrogen-bond donors (Lipinski definition) is 1. The molecule has 0 spiro atoms. The lowest BCUT2D eigenvalue weighted by molar-refractivity contribution is -0.132. The van der Waals surface area contributed by atoms with Crippen molar-refractivity contribution >= 4 is 21.7 Å². The molecule has 2 fully saturated rings. The molecule has 0 aromatic carbocycles. The third kappa shape index (κ3) is 6.17. The number of nitrogens with one attached hydrogen (secondary N) is 1. The summed E-state index contributed by atoms with van der Waals surface area (Å²) in [6, 6.07) is 3.28. The monoisotopic (exact) mass is 436 g/mol. The molecule has 1 amide bonds. The van der Waals surface area contributed by atoms with E-state index in [1.807, 2.05) is 18.7 Å². The van der Waals surface area contributed by atoms with E-state index in [-0.39, 0.29) is 16.8 Å². The first-order valence-electron chi connectivity index (χ1n) is 11.4. The minimum Gasteiger partial charge on any atom is -0.353 e. The highest BCUT2D eigenvalue weighted by Gasteiger charge is 2.25. The number of hydrogen-bond acceptors (Lipinski definition) is 5. The Kier molecular flexibility index (Phi) is 8.11. The van der Waals surface area contributed by atoms with Gasteiger partial charge in [-0.3, -0.25) is 4.79 Å². The molecular weight excluding hydrogens is 400 g/mol. The third-order valence-electron chi connectivity index (χ3n) is 6.25. The van der Waals surface area contributed by atoms with Crippen molar-refractivity contribution in [1.29, 1.82) is 0 Å². The van der Waals surface area contributed by atoms with Crippen LogP contribution in [0.4, 0.5) is 5.82 Å². The van der Waals surface area contributed by atoms with Gasteiger partial charge in [-0.2, -0.15) is 0 Å². The van der Waals surface area contributed by atoms with Gasteiger partial charge in [-0.1, -0.05) is 32.6 Å². The van der Waals surface area contributed by atoms with Crippen LogP contribution in [0.25, 0.3) is 0 Å². The van der Waals surface area contributed by atoms with Crippen LogP contribution < -0.4 is 9.62 Å². The maximum Gasteiger partial charge on any atom is 0.242 e. The van der Waals surface area contributed by atoms with Crippen LogP contribution in [0, 0.1) is 5.92 Å². The molecule has 2 heterocycles. The summed E-state index contributed by atoms with van der Waals surface area (Å²) >= 11 is 0. The van der Waals surface area contributed by atoms with Gasteiger partial charge in [0.15, 0.2) is 0 Å². The number of carbonyl (C=O) groups is 1. The summed E-state index contributed by atoms with van der Waals surface area (Å²) in [5.41, 5.74) is 0. The van der Waals surface area contributed by atoms with Gasteiger partial charge in [0.25, 0.3) is 0 Å². The van der Waals surface area contributed by atoms with E-state index in [1.165, 1.54) is 38.3 Å². The molecule has 3 rings (SSSR count). The van der Waals surface area contributed by atoms with E-state index < -0.39 is 10.0 Å². The number of aromatic nitrogens is 1. The fourth-order valence-electron chi connectivity index (χ4n) is 4.50. The second-order valence-electron chi connectivity index (χ2n) is 8.74. The van der Waals surface area contributed by atoms with Crippen molar-refractivity contribution in [3.8, 4) is 0 Å². The second-order valence-corrected chi connectivity index (χ2v) is 10.5. The highest BCUT2D eigenvalue weighted by molar-refractivity contribution is 7.89. The number of rotatable bonds is 8. The summed E-state index contributed by atoms with van der Waals surface area (Å²) in [5, 5.41) is 0. The molecule has 1 aromatic heterocycles. The number of anilines is 1. The molecule has 0 radical (unpaired) electrons. The predicted octanol–water partition coefficient (Wildman–Crippen LogP) is 3.17. The lowest BCUT2D eigenvalue weighted by Gasteiger charge is -2.36. The second kappa shape index (κ2) is 10.6. The number of nitrogens with zero attached hydrogens (tertiary/aromatic N) is 3. The maximum atomic E-state index is 12.6. The summed E-state index contributed by atoms with van der Waals surface area (Å²) in [4.78, 5) is 21.3. The zero-order valence-electron chi connectivity index (χ0n) is 18.3. The van der Waals surface area contributed by atoms with E-state index in [2.05, 4.69) is 14.6 Å². The van der Waals surface area contributed by atoms with E-state index in [4.69, 9.17) is 0 Å². The van der Waals surface area contributed by atoms with Crippen LogP contribution in [-0.4, -0.2) is 56.4 Å². The zero-order chi connectivity index (χ0) is 21.6. The van der Waals surface area contributed by atoms with Crippen LogP contribution in [0.15, 0.2) is 23.2 Å². The molecule has 7 nitrogen and oxygen atoms in total. The Balaban J connectivity index is 1.51. The van der Waals surface area contributed by atoms with Crippen molar-refractivity contribution in [2.75, 3.05) is 31.1 Å². The largest absolute Gasteiger partial charge is 0.353 e. The molecule has 168 valence electrons. The molecule has 1 unspecified atom stereocenters. The SMILES string of the molecule is CCCC(C)NS(=O)(=O)c1ccc(N2CCN(C(=O)CC3CCCCC3)CC2)nc1. The Hall–Kier alpha value is -1.67. The van der Waals surface area contributed by atoms with Gasteiger partial charge in [0, 0.05) is 44.8 Å². The molecule has 1 saturated heterocycles. The van der Waals surface area contributed by atoms with E-state index in [0.29, 0.717) is 25.4 Å². The van der Waals surface area contributed by atoms with Gasteiger partial charge in [-0.05, 0) is 44.2 Å². The van der Waals surface area contributed by atoms with Crippen molar-refractivity contribution in [2.45, 2.75) is 76.2 Å². The van der Waals surface area contributed by atoms with Crippen LogP contribution in [0.3, 0.4) is 0 Å². The summed E-state index contributed by atoms with van der Waals surface area (Å²) in [5.74, 6) is 1.60. The maximum absolute atomic E-state index is 12.6. The Labute approximate surface area is 181 Å². The van der Waals surface area contributed by atoms with Crippen molar-refractivity contribution in [2.24, 2.45) is 5.92 Å². The van der Waals surface area contributed by atoms with Crippen LogP contribution >= 0.6 is 0 Å². The number of pyridine rings is 1. The Morgan fingerprint density at radius 1 is 1.17 bits per heavy atom. The fourth-order valence-corrected chi connectivity index (χ4v) is 5.72. The molecular formula is C22H36N4O3S. The predicted molar refractivity (Wildman–Crippen MR) is 119 cm³/mol. The highest BCUT2D eigenvalue weighted by Crippen LogP contribution is 2.27. The highest BCUT2D eigenvalue weighted by atomic mass is 32.2. The van der Waals surface area contributed by atoms with Gasteiger partial charge in [0.05, 0.1) is 0 Å². The number of sulfonamides is 1. The topological polar surface area (TPSA) is 82.6 Å². The first-order chi connectivity index (χ1) is 14.4. The minimum absolute atomic E-state index is 0.0982. The molecule has 1 aromatic rings. The summed E-state index contributed by atoms with van der Waals surface area (Å²) in [7, 11) is -3.55. The van der Waals surface area contributed by atoms with Gasteiger partial charge in [-0.25, -0.2) is 18.1 Å². The standard InChI is InChI=1S/C22H36N4O3S/c1-3-7-18(2)24-30(28,29)20-10-11-21(23-17-20)25-12-14-26(15-13-25)22(27)16-19-8-5-4-6-9-19/h10-11,17-19,24H,3-9,12-16H2,1-2H3. The minimum atomic E-state index is -3.55. The zero-order valence-corrected chi connectivity index (χ0v) is 19.2. The number of piperazine rings is 1. The molecule has 1 saturated carbocycles. The normalized spacial score (nSPS) is 19.7. The summed E-state index contributed by atoms with van der Waals surface area (Å²) in [6.07, 6.45) is 10.1. The smallest absolute Gasteiger partial charge is 0.242 e. The fraction of sp³-hybridized carbons (Fsp3) is 0.727. The molecule has 8 heteroatoms. The number of amides is 1. The van der Waals surface area contributed by atoms with E-state index in [9.17, 15) is 13.2 Å². The molecule has 0 bridgehead atoms. The van der Waals surface area contributed by atoms with Gasteiger partial charge in [-0.15, -0.1) is 0 Å². The van der Waals surface area contributed by atoms with Crippen molar-refractivity contribution in [1.82, 2.24) is 14.6 Å². The molecule has 2 aliphatic rings. The van der Waals surface area contributed by atoms with Gasteiger partial charge < -0.3 is 9.80 Å². The average Bonchev–Trinajstić information content (AvgIpc) is 2.74. The quantitative estimate of drug-likeness (QED) is 0.677.